The number of aryl methyl sites for hydroxylation is 2. The number of aromatic nitrogens is 2. The first-order valence-electron chi connectivity index (χ1n) is 11.6. The molecule has 2 heterocycles. The van der Waals surface area contributed by atoms with Crippen LogP contribution in [0, 0.1) is 13.8 Å². The zero-order valence-corrected chi connectivity index (χ0v) is 19.8. The van der Waals surface area contributed by atoms with Crippen LogP contribution in [0.3, 0.4) is 0 Å². The van der Waals surface area contributed by atoms with Crippen LogP contribution in [0.4, 0.5) is 5.69 Å². The van der Waals surface area contributed by atoms with E-state index in [1.807, 2.05) is 66.0 Å². The van der Waals surface area contributed by atoms with Crippen molar-refractivity contribution in [1.29, 1.82) is 0 Å². The summed E-state index contributed by atoms with van der Waals surface area (Å²) >= 11 is 0. The summed E-state index contributed by atoms with van der Waals surface area (Å²) in [5.74, 6) is -0.0416. The molecule has 1 saturated heterocycles. The molecule has 2 aromatic carbocycles. The molecular formula is C27H31N5O2. The number of rotatable bonds is 7. The number of carbonyl (C=O) groups excluding carboxylic acids is 2. The maximum absolute atomic E-state index is 12.6. The zero-order chi connectivity index (χ0) is 23.9. The van der Waals surface area contributed by atoms with Crippen LogP contribution < -0.4 is 5.32 Å². The molecule has 7 heteroatoms. The third-order valence-corrected chi connectivity index (χ3v) is 6.06. The number of anilines is 1. The molecular weight excluding hydrogens is 426 g/mol. The van der Waals surface area contributed by atoms with Gasteiger partial charge in [0.25, 0.3) is 0 Å². The molecule has 34 heavy (non-hydrogen) atoms. The van der Waals surface area contributed by atoms with Crippen molar-refractivity contribution in [3.8, 4) is 0 Å². The molecule has 1 aromatic heterocycles. The van der Waals surface area contributed by atoms with Gasteiger partial charge in [-0.05, 0) is 36.6 Å². The van der Waals surface area contributed by atoms with Gasteiger partial charge in [-0.3, -0.25) is 19.2 Å². The van der Waals surface area contributed by atoms with Gasteiger partial charge < -0.3 is 10.2 Å². The highest BCUT2D eigenvalue weighted by Gasteiger charge is 2.21. The highest BCUT2D eigenvalue weighted by Crippen LogP contribution is 2.19. The van der Waals surface area contributed by atoms with E-state index in [1.54, 1.807) is 18.3 Å². The maximum atomic E-state index is 12.6. The molecule has 7 nitrogen and oxygen atoms in total. The monoisotopic (exact) mass is 457 g/mol. The number of benzene rings is 2. The topological polar surface area (TPSA) is 70.5 Å². The van der Waals surface area contributed by atoms with Gasteiger partial charge in [-0.2, -0.15) is 5.10 Å². The van der Waals surface area contributed by atoms with E-state index in [4.69, 9.17) is 0 Å². The van der Waals surface area contributed by atoms with Gasteiger partial charge in [-0.25, -0.2) is 0 Å². The molecule has 1 N–H and O–H groups in total. The normalized spacial score (nSPS) is 14.5. The van der Waals surface area contributed by atoms with E-state index in [9.17, 15) is 9.59 Å². The summed E-state index contributed by atoms with van der Waals surface area (Å²) in [6.07, 6.45) is 7.11. The molecule has 0 spiro atoms. The minimum absolute atomic E-state index is 0.0181. The van der Waals surface area contributed by atoms with Crippen LogP contribution in [0.2, 0.25) is 0 Å². The lowest BCUT2D eigenvalue weighted by molar-refractivity contribution is -0.127. The van der Waals surface area contributed by atoms with Crippen LogP contribution in [0.15, 0.2) is 67.0 Å². The number of hydrogen-bond acceptors (Lipinski definition) is 4. The first-order chi connectivity index (χ1) is 16.5. The molecule has 176 valence electrons. The second-order valence-corrected chi connectivity index (χ2v) is 8.71. The standard InChI is InChI=1S/C27H31N5O2/c1-21-7-6-8-22(2)27(21)29-25(33)20-30-13-15-31(16-14-30)26(34)12-11-24-17-28-32(19-24)18-23-9-4-3-5-10-23/h3-12,17,19H,13-16,18,20H2,1-2H3,(H,29,33). The van der Waals surface area contributed by atoms with E-state index in [1.165, 1.54) is 5.56 Å². The van der Waals surface area contributed by atoms with Crippen LogP contribution >= 0.6 is 0 Å². The highest BCUT2D eigenvalue weighted by molar-refractivity contribution is 5.94. The fourth-order valence-corrected chi connectivity index (χ4v) is 4.12. The Kier molecular flexibility index (Phi) is 7.54. The molecule has 3 aromatic rings. The van der Waals surface area contributed by atoms with Crippen molar-refractivity contribution in [1.82, 2.24) is 19.6 Å². The van der Waals surface area contributed by atoms with Crippen molar-refractivity contribution in [2.45, 2.75) is 20.4 Å². The Morgan fingerprint density at radius 2 is 1.68 bits per heavy atom. The SMILES string of the molecule is Cc1cccc(C)c1NC(=O)CN1CCN(C(=O)C=Cc2cnn(Cc3ccccc3)c2)CC1. The Bertz CT molecular complexity index is 1140. The Labute approximate surface area is 200 Å². The van der Waals surface area contributed by atoms with Crippen LogP contribution in [0.25, 0.3) is 6.08 Å². The number of para-hydroxylation sites is 1. The first kappa shape index (κ1) is 23.4. The maximum Gasteiger partial charge on any atom is 0.246 e. The number of nitrogens with zero attached hydrogens (tertiary/aromatic N) is 4. The largest absolute Gasteiger partial charge is 0.337 e. The van der Waals surface area contributed by atoms with Crippen molar-refractivity contribution in [2.24, 2.45) is 0 Å². The number of piperazine rings is 1. The summed E-state index contributed by atoms with van der Waals surface area (Å²) in [5, 5.41) is 7.41. The second kappa shape index (κ2) is 10.9. The molecule has 1 aliphatic rings. The van der Waals surface area contributed by atoms with Gasteiger partial charge in [0.15, 0.2) is 0 Å². The summed E-state index contributed by atoms with van der Waals surface area (Å²) < 4.78 is 1.86. The van der Waals surface area contributed by atoms with Gasteiger partial charge in [0, 0.05) is 49.7 Å². The number of amides is 2. The molecule has 2 amide bonds. The van der Waals surface area contributed by atoms with Crippen LogP contribution in [-0.2, 0) is 16.1 Å². The lowest BCUT2D eigenvalue weighted by atomic mass is 10.1. The van der Waals surface area contributed by atoms with Crippen molar-refractivity contribution in [3.05, 3.63) is 89.3 Å². The molecule has 1 fully saturated rings. The van der Waals surface area contributed by atoms with Crippen molar-refractivity contribution in [2.75, 3.05) is 38.0 Å². The average Bonchev–Trinajstić information content (AvgIpc) is 3.28. The zero-order valence-electron chi connectivity index (χ0n) is 19.8. The summed E-state index contributed by atoms with van der Waals surface area (Å²) in [4.78, 5) is 29.1. The molecule has 0 radical (unpaired) electrons. The van der Waals surface area contributed by atoms with Crippen LogP contribution in [0.1, 0.15) is 22.3 Å². The second-order valence-electron chi connectivity index (χ2n) is 8.71. The molecule has 0 bridgehead atoms. The molecule has 0 saturated carbocycles. The number of hydrogen-bond donors (Lipinski definition) is 1. The minimum Gasteiger partial charge on any atom is -0.337 e. The summed E-state index contributed by atoms with van der Waals surface area (Å²) in [7, 11) is 0. The Balaban J connectivity index is 1.23. The van der Waals surface area contributed by atoms with Crippen molar-refractivity contribution < 1.29 is 9.59 Å². The van der Waals surface area contributed by atoms with Gasteiger partial charge in [0.1, 0.15) is 0 Å². The lowest BCUT2D eigenvalue weighted by Gasteiger charge is -2.33. The summed E-state index contributed by atoms with van der Waals surface area (Å²) in [6.45, 7) is 7.57. The highest BCUT2D eigenvalue weighted by atomic mass is 16.2. The van der Waals surface area contributed by atoms with E-state index in [0.717, 1.165) is 22.4 Å². The van der Waals surface area contributed by atoms with Gasteiger partial charge in [-0.15, -0.1) is 0 Å². The molecule has 1 aliphatic heterocycles. The molecule has 0 unspecified atom stereocenters. The van der Waals surface area contributed by atoms with Crippen molar-refractivity contribution >= 4 is 23.6 Å². The summed E-state index contributed by atoms with van der Waals surface area (Å²) in [6, 6.07) is 16.1. The molecule has 0 aliphatic carbocycles. The van der Waals surface area contributed by atoms with Crippen LogP contribution in [-0.4, -0.2) is 64.1 Å². The van der Waals surface area contributed by atoms with Gasteiger partial charge >= 0.3 is 0 Å². The first-order valence-corrected chi connectivity index (χ1v) is 11.6. The fraction of sp³-hybridized carbons (Fsp3) is 0.296. The summed E-state index contributed by atoms with van der Waals surface area (Å²) in [5.41, 5.74) is 5.07. The number of nitrogens with one attached hydrogen (secondary N) is 1. The molecule has 0 atom stereocenters. The third kappa shape index (κ3) is 6.20. The van der Waals surface area contributed by atoms with Gasteiger partial charge in [0.2, 0.25) is 11.8 Å². The van der Waals surface area contributed by atoms with E-state index >= 15 is 0 Å². The van der Waals surface area contributed by atoms with Crippen LogP contribution in [0.5, 0.6) is 0 Å². The smallest absolute Gasteiger partial charge is 0.246 e. The lowest BCUT2D eigenvalue weighted by Crippen LogP contribution is -2.50. The van der Waals surface area contributed by atoms with E-state index in [2.05, 4.69) is 27.4 Å². The Morgan fingerprint density at radius 3 is 2.38 bits per heavy atom. The van der Waals surface area contributed by atoms with E-state index in [-0.39, 0.29) is 11.8 Å². The van der Waals surface area contributed by atoms with E-state index < -0.39 is 0 Å². The quantitative estimate of drug-likeness (QED) is 0.553. The average molecular weight is 458 g/mol. The minimum atomic E-state index is -0.0235. The predicted octanol–water partition coefficient (Wildman–Crippen LogP) is 3.34. The Hall–Kier alpha value is -3.71. The van der Waals surface area contributed by atoms with E-state index in [0.29, 0.717) is 39.3 Å². The number of carbonyl (C=O) groups is 2. The fourth-order valence-electron chi connectivity index (χ4n) is 4.12. The predicted molar refractivity (Wildman–Crippen MR) is 134 cm³/mol. The molecule has 4 rings (SSSR count). The third-order valence-electron chi connectivity index (χ3n) is 6.06. The Morgan fingerprint density at radius 1 is 0.971 bits per heavy atom. The van der Waals surface area contributed by atoms with Gasteiger partial charge in [0.05, 0.1) is 19.3 Å². The van der Waals surface area contributed by atoms with Crippen molar-refractivity contribution in [3.63, 3.8) is 0 Å². The van der Waals surface area contributed by atoms with Gasteiger partial charge in [-0.1, -0.05) is 48.5 Å².